The van der Waals surface area contributed by atoms with Crippen molar-refractivity contribution >= 4 is 5.97 Å². The quantitative estimate of drug-likeness (QED) is 0.743. The van der Waals surface area contributed by atoms with E-state index in [-0.39, 0.29) is 18.3 Å². The molecule has 0 saturated heterocycles. The Kier molecular flexibility index (Phi) is 5.20. The van der Waals surface area contributed by atoms with E-state index in [9.17, 15) is 9.90 Å². The number of aliphatic carboxylic acids is 1. The number of furan rings is 1. The predicted octanol–water partition coefficient (Wildman–Crippen LogP) is 2.31. The number of rotatable bonds is 6. The lowest BCUT2D eigenvalue weighted by Crippen LogP contribution is -2.41. The standard InChI is InChI=1S/C15H23NO4/c16-11(9-13(17)18)14(10-5-2-1-3-6-10)15(19)12-7-4-8-20-12/h4,7-8,10-11,14-15,19H,1-3,5-6,9,16H2,(H,17,18)/t11-,14-,15+/m1/s1. The van der Waals surface area contributed by atoms with E-state index in [0.717, 1.165) is 25.7 Å². The lowest BCUT2D eigenvalue weighted by molar-refractivity contribution is -0.138. The highest BCUT2D eigenvalue weighted by molar-refractivity contribution is 5.67. The Morgan fingerprint density at radius 2 is 2.10 bits per heavy atom. The van der Waals surface area contributed by atoms with Gasteiger partial charge < -0.3 is 20.4 Å². The Labute approximate surface area is 118 Å². The zero-order valence-electron chi connectivity index (χ0n) is 11.6. The van der Waals surface area contributed by atoms with Crippen LogP contribution in [-0.4, -0.2) is 22.2 Å². The normalized spacial score (nSPS) is 21.3. The number of carbonyl (C=O) groups is 1. The third-order valence-corrected chi connectivity index (χ3v) is 4.30. The molecular weight excluding hydrogens is 258 g/mol. The molecule has 0 amide bonds. The summed E-state index contributed by atoms with van der Waals surface area (Å²) in [5, 5.41) is 19.5. The fraction of sp³-hybridized carbons (Fsp3) is 0.667. The Hall–Kier alpha value is -1.33. The molecule has 20 heavy (non-hydrogen) atoms. The molecule has 1 aliphatic carbocycles. The summed E-state index contributed by atoms with van der Waals surface area (Å²) in [6.07, 6.45) is 5.98. The minimum Gasteiger partial charge on any atom is -0.481 e. The van der Waals surface area contributed by atoms with Crippen molar-refractivity contribution in [3.8, 4) is 0 Å². The van der Waals surface area contributed by atoms with E-state index in [1.807, 2.05) is 0 Å². The van der Waals surface area contributed by atoms with Crippen LogP contribution in [-0.2, 0) is 4.79 Å². The van der Waals surface area contributed by atoms with Crippen molar-refractivity contribution in [3.63, 3.8) is 0 Å². The van der Waals surface area contributed by atoms with Gasteiger partial charge in [-0.15, -0.1) is 0 Å². The summed E-state index contributed by atoms with van der Waals surface area (Å²) in [4.78, 5) is 10.9. The minimum atomic E-state index is -0.926. The van der Waals surface area contributed by atoms with Gasteiger partial charge in [0.2, 0.25) is 0 Å². The van der Waals surface area contributed by atoms with Crippen molar-refractivity contribution in [2.75, 3.05) is 0 Å². The molecule has 0 spiro atoms. The highest BCUT2D eigenvalue weighted by Gasteiger charge is 2.36. The van der Waals surface area contributed by atoms with Gasteiger partial charge in [0.05, 0.1) is 12.7 Å². The second-order valence-electron chi connectivity index (χ2n) is 5.70. The molecule has 0 bridgehead atoms. The molecular formula is C15H23NO4. The van der Waals surface area contributed by atoms with Gasteiger partial charge >= 0.3 is 5.97 Å². The van der Waals surface area contributed by atoms with Crippen LogP contribution in [0.5, 0.6) is 0 Å². The second kappa shape index (κ2) is 6.90. The van der Waals surface area contributed by atoms with Crippen LogP contribution >= 0.6 is 0 Å². The molecule has 1 aromatic heterocycles. The van der Waals surface area contributed by atoms with Crippen LogP contribution in [0.4, 0.5) is 0 Å². The summed E-state index contributed by atoms with van der Waals surface area (Å²) in [7, 11) is 0. The fourth-order valence-corrected chi connectivity index (χ4v) is 3.35. The molecule has 0 radical (unpaired) electrons. The lowest BCUT2D eigenvalue weighted by atomic mass is 9.73. The molecule has 1 saturated carbocycles. The van der Waals surface area contributed by atoms with Crippen LogP contribution in [0.1, 0.15) is 50.4 Å². The molecule has 5 heteroatoms. The molecule has 1 aliphatic rings. The zero-order chi connectivity index (χ0) is 14.5. The number of hydrogen-bond donors (Lipinski definition) is 3. The Morgan fingerprint density at radius 1 is 1.40 bits per heavy atom. The third-order valence-electron chi connectivity index (χ3n) is 4.30. The Bertz CT molecular complexity index is 412. The first-order valence-corrected chi connectivity index (χ1v) is 7.28. The molecule has 0 unspecified atom stereocenters. The van der Waals surface area contributed by atoms with Gasteiger partial charge in [0, 0.05) is 12.0 Å². The van der Waals surface area contributed by atoms with Gasteiger partial charge in [-0.2, -0.15) is 0 Å². The fourth-order valence-electron chi connectivity index (χ4n) is 3.35. The monoisotopic (exact) mass is 281 g/mol. The van der Waals surface area contributed by atoms with E-state index in [1.165, 1.54) is 12.7 Å². The SMILES string of the molecule is N[C@H](CC(=O)O)[C@@H](C1CCCCC1)[C@@H](O)c1ccco1. The van der Waals surface area contributed by atoms with Gasteiger partial charge in [0.1, 0.15) is 11.9 Å². The molecule has 4 N–H and O–H groups in total. The molecule has 3 atom stereocenters. The maximum Gasteiger partial charge on any atom is 0.304 e. The maximum absolute atomic E-state index is 10.9. The van der Waals surface area contributed by atoms with Crippen molar-refractivity contribution in [3.05, 3.63) is 24.2 Å². The average molecular weight is 281 g/mol. The summed E-state index contributed by atoms with van der Waals surface area (Å²) in [5.41, 5.74) is 6.07. The molecule has 1 fully saturated rings. The van der Waals surface area contributed by atoms with Crippen molar-refractivity contribution < 1.29 is 19.4 Å². The van der Waals surface area contributed by atoms with Crippen LogP contribution in [0.25, 0.3) is 0 Å². The highest BCUT2D eigenvalue weighted by Crippen LogP contribution is 2.39. The van der Waals surface area contributed by atoms with E-state index in [4.69, 9.17) is 15.3 Å². The number of nitrogens with two attached hydrogens (primary N) is 1. The summed E-state index contributed by atoms with van der Waals surface area (Å²) in [6.45, 7) is 0. The van der Waals surface area contributed by atoms with Crippen molar-refractivity contribution in [1.29, 1.82) is 0 Å². The Balaban J connectivity index is 2.15. The number of carboxylic acid groups (broad SMARTS) is 1. The topological polar surface area (TPSA) is 96.7 Å². The van der Waals surface area contributed by atoms with Gasteiger partial charge in [-0.3, -0.25) is 4.79 Å². The molecule has 1 heterocycles. The molecule has 0 aliphatic heterocycles. The maximum atomic E-state index is 10.9. The van der Waals surface area contributed by atoms with Gasteiger partial charge in [0.15, 0.2) is 0 Å². The molecule has 2 rings (SSSR count). The predicted molar refractivity (Wildman–Crippen MR) is 74.0 cm³/mol. The lowest BCUT2D eigenvalue weighted by Gasteiger charge is -2.36. The first kappa shape index (κ1) is 15.1. The summed E-state index contributed by atoms with van der Waals surface area (Å²) in [5.74, 6) is -0.456. The van der Waals surface area contributed by atoms with E-state index >= 15 is 0 Å². The Morgan fingerprint density at radius 3 is 2.65 bits per heavy atom. The molecule has 112 valence electrons. The number of carboxylic acids is 1. The summed E-state index contributed by atoms with van der Waals surface area (Å²) >= 11 is 0. The van der Waals surface area contributed by atoms with Gasteiger partial charge in [-0.1, -0.05) is 32.1 Å². The van der Waals surface area contributed by atoms with E-state index in [0.29, 0.717) is 5.76 Å². The third kappa shape index (κ3) is 3.61. The van der Waals surface area contributed by atoms with E-state index in [1.54, 1.807) is 12.1 Å². The average Bonchev–Trinajstić information content (AvgIpc) is 2.93. The van der Waals surface area contributed by atoms with E-state index in [2.05, 4.69) is 0 Å². The van der Waals surface area contributed by atoms with Crippen molar-refractivity contribution in [2.24, 2.45) is 17.6 Å². The zero-order valence-corrected chi connectivity index (χ0v) is 11.6. The van der Waals surface area contributed by atoms with Crippen LogP contribution in [0.15, 0.2) is 22.8 Å². The smallest absolute Gasteiger partial charge is 0.304 e. The van der Waals surface area contributed by atoms with Gasteiger partial charge in [-0.05, 0) is 18.1 Å². The second-order valence-corrected chi connectivity index (χ2v) is 5.70. The number of hydrogen-bond acceptors (Lipinski definition) is 4. The molecule has 5 nitrogen and oxygen atoms in total. The van der Waals surface area contributed by atoms with Gasteiger partial charge in [0.25, 0.3) is 0 Å². The molecule has 0 aromatic carbocycles. The summed E-state index contributed by atoms with van der Waals surface area (Å²) in [6, 6.07) is 2.88. The largest absolute Gasteiger partial charge is 0.481 e. The highest BCUT2D eigenvalue weighted by atomic mass is 16.4. The van der Waals surface area contributed by atoms with Crippen LogP contribution < -0.4 is 5.73 Å². The van der Waals surface area contributed by atoms with Crippen LogP contribution in [0.3, 0.4) is 0 Å². The number of aliphatic hydroxyl groups excluding tert-OH is 1. The summed E-state index contributed by atoms with van der Waals surface area (Å²) < 4.78 is 5.27. The minimum absolute atomic E-state index is 0.126. The van der Waals surface area contributed by atoms with Crippen LogP contribution in [0.2, 0.25) is 0 Å². The number of aliphatic hydroxyl groups is 1. The first-order valence-electron chi connectivity index (χ1n) is 7.28. The van der Waals surface area contributed by atoms with E-state index < -0.39 is 18.1 Å². The molecule has 1 aromatic rings. The van der Waals surface area contributed by atoms with Crippen LogP contribution in [0, 0.1) is 11.8 Å². The van der Waals surface area contributed by atoms with Crippen molar-refractivity contribution in [2.45, 2.75) is 50.7 Å². The first-order chi connectivity index (χ1) is 9.59. The van der Waals surface area contributed by atoms with Crippen molar-refractivity contribution in [1.82, 2.24) is 0 Å². The van der Waals surface area contributed by atoms with Gasteiger partial charge in [-0.25, -0.2) is 0 Å².